The maximum absolute atomic E-state index is 11.9. The summed E-state index contributed by atoms with van der Waals surface area (Å²) < 4.78 is 17.5. The number of amides is 2. The van der Waals surface area contributed by atoms with E-state index in [4.69, 9.17) is 4.74 Å². The number of hydrogen-bond donors (Lipinski definition) is 4. The van der Waals surface area contributed by atoms with Crippen molar-refractivity contribution < 1.29 is 29.0 Å². The van der Waals surface area contributed by atoms with Crippen LogP contribution in [-0.4, -0.2) is 34.2 Å². The van der Waals surface area contributed by atoms with Gasteiger partial charge >= 0.3 is 0 Å². The minimum Gasteiger partial charge on any atom is -0.457 e. The number of halogens is 1. The van der Waals surface area contributed by atoms with Crippen LogP contribution in [0.15, 0.2) is 54.6 Å². The van der Waals surface area contributed by atoms with Crippen LogP contribution in [0.25, 0.3) is 0 Å². The summed E-state index contributed by atoms with van der Waals surface area (Å²) in [7, 11) is 0. The number of benzene rings is 2. The average molecular weight is 334 g/mol. The van der Waals surface area contributed by atoms with Gasteiger partial charge in [0.05, 0.1) is 0 Å². The molecule has 0 saturated carbocycles. The van der Waals surface area contributed by atoms with E-state index in [1.807, 2.05) is 18.2 Å². The number of carbonyl (C=O) groups is 2. The van der Waals surface area contributed by atoms with Gasteiger partial charge in [-0.1, -0.05) is 18.2 Å². The highest BCUT2D eigenvalue weighted by Gasteiger charge is 2.30. The summed E-state index contributed by atoms with van der Waals surface area (Å²) in [5.41, 5.74) is 0.948. The molecule has 0 aliphatic heterocycles. The number of rotatable bonds is 6. The molecule has 0 heterocycles. The van der Waals surface area contributed by atoms with Crippen LogP contribution in [0.1, 0.15) is 0 Å². The molecule has 126 valence electrons. The second-order valence-corrected chi connectivity index (χ2v) is 4.78. The van der Waals surface area contributed by atoms with Crippen LogP contribution in [-0.2, 0) is 9.59 Å². The third-order valence-electron chi connectivity index (χ3n) is 3.03. The third kappa shape index (κ3) is 4.51. The first kappa shape index (κ1) is 17.4. The number of nitrogens with one attached hydrogen (secondary N) is 2. The summed E-state index contributed by atoms with van der Waals surface area (Å²) in [6, 6.07) is 15.2. The van der Waals surface area contributed by atoms with Gasteiger partial charge in [0.15, 0.2) is 12.2 Å². The first-order valence-corrected chi connectivity index (χ1v) is 6.91. The molecule has 0 aliphatic rings. The van der Waals surface area contributed by atoms with Crippen molar-refractivity contribution in [2.24, 2.45) is 0 Å². The quantitative estimate of drug-likeness (QED) is 0.593. The molecule has 2 aromatic rings. The van der Waals surface area contributed by atoms with Crippen molar-refractivity contribution in [2.45, 2.75) is 12.2 Å². The molecular weight excluding hydrogens is 319 g/mol. The zero-order chi connectivity index (χ0) is 17.5. The number of hydrogen-bond acceptors (Lipinski definition) is 5. The molecule has 0 aliphatic carbocycles. The summed E-state index contributed by atoms with van der Waals surface area (Å²) in [5.74, 6) is -1.39. The smallest absolute Gasteiger partial charge is 0.279 e. The van der Waals surface area contributed by atoms with Crippen molar-refractivity contribution in [2.75, 3.05) is 5.32 Å². The van der Waals surface area contributed by atoms with E-state index in [1.54, 1.807) is 24.3 Å². The van der Waals surface area contributed by atoms with Crippen LogP contribution in [0.2, 0.25) is 0 Å². The maximum atomic E-state index is 11.9. The summed E-state index contributed by atoms with van der Waals surface area (Å²) in [5, 5.41) is 21.0. The predicted molar refractivity (Wildman–Crippen MR) is 82.9 cm³/mol. The lowest BCUT2D eigenvalue weighted by Gasteiger charge is -2.15. The number of aliphatic hydroxyl groups is 2. The molecule has 2 atom stereocenters. The molecule has 7 nitrogen and oxygen atoms in total. The van der Waals surface area contributed by atoms with Crippen LogP contribution >= 0.6 is 0 Å². The van der Waals surface area contributed by atoms with E-state index in [0.29, 0.717) is 22.7 Å². The highest BCUT2D eigenvalue weighted by Crippen LogP contribution is 2.22. The van der Waals surface area contributed by atoms with Gasteiger partial charge < -0.3 is 20.3 Å². The van der Waals surface area contributed by atoms with Gasteiger partial charge in [0.25, 0.3) is 11.8 Å². The van der Waals surface area contributed by atoms with Crippen molar-refractivity contribution in [3.05, 3.63) is 54.6 Å². The van der Waals surface area contributed by atoms with Gasteiger partial charge in [0.2, 0.25) is 0 Å². The summed E-state index contributed by atoms with van der Waals surface area (Å²) >= 11 is 0. The highest BCUT2D eigenvalue weighted by atomic mass is 19.2. The molecule has 2 amide bonds. The van der Waals surface area contributed by atoms with Crippen LogP contribution in [0, 0.1) is 0 Å². The van der Waals surface area contributed by atoms with Gasteiger partial charge in [-0.2, -0.15) is 5.54 Å². The predicted octanol–water partition coefficient (Wildman–Crippen LogP) is 1.14. The van der Waals surface area contributed by atoms with Crippen LogP contribution < -0.4 is 15.6 Å². The SMILES string of the molecule is O=C(NF)C(O)C(O)C(=O)Nc1ccc(Oc2ccccc2)cc1. The second-order valence-electron chi connectivity index (χ2n) is 4.78. The fourth-order valence-corrected chi connectivity index (χ4v) is 1.79. The number of carbonyl (C=O) groups excluding carboxylic acids is 2. The lowest BCUT2D eigenvalue weighted by atomic mass is 10.1. The Hall–Kier alpha value is -2.97. The number of aliphatic hydroxyl groups excluding tert-OH is 2. The third-order valence-corrected chi connectivity index (χ3v) is 3.03. The monoisotopic (exact) mass is 334 g/mol. The molecule has 0 radical (unpaired) electrons. The minimum atomic E-state index is -2.21. The lowest BCUT2D eigenvalue weighted by molar-refractivity contribution is -0.146. The lowest BCUT2D eigenvalue weighted by Crippen LogP contribution is -2.45. The zero-order valence-corrected chi connectivity index (χ0v) is 12.3. The topological polar surface area (TPSA) is 108 Å². The number of anilines is 1. The van der Waals surface area contributed by atoms with Crippen molar-refractivity contribution in [3.63, 3.8) is 0 Å². The Morgan fingerprint density at radius 1 is 0.875 bits per heavy atom. The van der Waals surface area contributed by atoms with E-state index in [0.717, 1.165) is 0 Å². The van der Waals surface area contributed by atoms with Gasteiger partial charge in [0, 0.05) is 5.69 Å². The Kier molecular flexibility index (Phi) is 5.83. The molecule has 2 rings (SSSR count). The Morgan fingerprint density at radius 2 is 1.42 bits per heavy atom. The number of ether oxygens (including phenoxy) is 1. The Morgan fingerprint density at radius 3 is 2.00 bits per heavy atom. The van der Waals surface area contributed by atoms with Crippen molar-refractivity contribution in [3.8, 4) is 11.5 Å². The van der Waals surface area contributed by atoms with Crippen molar-refractivity contribution >= 4 is 17.5 Å². The van der Waals surface area contributed by atoms with Gasteiger partial charge in [-0.3, -0.25) is 9.59 Å². The Labute approximate surface area is 136 Å². The van der Waals surface area contributed by atoms with Gasteiger partial charge in [-0.15, -0.1) is 4.48 Å². The van der Waals surface area contributed by atoms with E-state index in [9.17, 15) is 24.3 Å². The fourth-order valence-electron chi connectivity index (χ4n) is 1.79. The van der Waals surface area contributed by atoms with Crippen LogP contribution in [0.3, 0.4) is 0 Å². The average Bonchev–Trinajstić information content (AvgIpc) is 2.62. The molecule has 0 bridgehead atoms. The summed E-state index contributed by atoms with van der Waals surface area (Å²) in [6.07, 6.45) is -4.32. The fraction of sp³-hybridized carbons (Fsp3) is 0.125. The molecule has 24 heavy (non-hydrogen) atoms. The largest absolute Gasteiger partial charge is 0.457 e. The molecule has 0 fully saturated rings. The molecule has 2 unspecified atom stereocenters. The Bertz CT molecular complexity index is 693. The first-order chi connectivity index (χ1) is 11.5. The Balaban J connectivity index is 1.96. The van der Waals surface area contributed by atoms with Crippen molar-refractivity contribution in [1.29, 1.82) is 0 Å². The minimum absolute atomic E-state index is 0.298. The van der Waals surface area contributed by atoms with Gasteiger partial charge in [-0.05, 0) is 36.4 Å². The maximum Gasteiger partial charge on any atom is 0.279 e. The summed E-state index contributed by atoms with van der Waals surface area (Å²) in [4.78, 5) is 22.5. The first-order valence-electron chi connectivity index (χ1n) is 6.91. The second kappa shape index (κ2) is 8.04. The number of para-hydroxylation sites is 1. The highest BCUT2D eigenvalue weighted by molar-refractivity contribution is 5.98. The molecule has 0 spiro atoms. The zero-order valence-electron chi connectivity index (χ0n) is 12.3. The van der Waals surface area contributed by atoms with E-state index in [-0.39, 0.29) is 0 Å². The molecule has 2 aromatic carbocycles. The van der Waals surface area contributed by atoms with E-state index >= 15 is 0 Å². The normalized spacial score (nSPS) is 12.8. The van der Waals surface area contributed by atoms with Gasteiger partial charge in [-0.25, -0.2) is 0 Å². The van der Waals surface area contributed by atoms with Crippen LogP contribution in [0.5, 0.6) is 11.5 Å². The van der Waals surface area contributed by atoms with E-state index in [2.05, 4.69) is 5.32 Å². The molecule has 0 aromatic heterocycles. The molecule has 8 heteroatoms. The van der Waals surface area contributed by atoms with E-state index in [1.165, 1.54) is 12.1 Å². The summed E-state index contributed by atoms with van der Waals surface area (Å²) in [6.45, 7) is 0. The molecular formula is C16H15FN2O5. The standard InChI is InChI=1S/C16H15FN2O5/c17-19-16(23)14(21)13(20)15(22)18-10-6-8-12(9-7-10)24-11-4-2-1-3-5-11/h1-9,13-14,20-21H,(H,18,22)(H,19,23). The van der Waals surface area contributed by atoms with Gasteiger partial charge in [0.1, 0.15) is 11.5 Å². The van der Waals surface area contributed by atoms with Crippen molar-refractivity contribution in [1.82, 2.24) is 5.54 Å². The molecule has 4 N–H and O–H groups in total. The molecule has 0 saturated heterocycles. The van der Waals surface area contributed by atoms with Crippen LogP contribution in [0.4, 0.5) is 10.2 Å². The van der Waals surface area contributed by atoms with E-state index < -0.39 is 24.0 Å².